The highest BCUT2D eigenvalue weighted by Crippen LogP contribution is 2.38. The highest BCUT2D eigenvalue weighted by molar-refractivity contribution is 5.92. The standard InChI is InChI=1S/C12H18N4O2.2ClH/c1-15-4-10(14-8-15)11(18)16-3-9-2-13-5-12(9,6-16)7-17;;/h4,8-9,13,17H,2-3,5-7H2,1H3;2*1H. The molecule has 2 saturated heterocycles. The molecular formula is C12H20Cl2N4O2. The predicted octanol–water partition coefficient (Wildman–Crippen LogP) is -0.0824. The number of imidazole rings is 1. The van der Waals surface area contributed by atoms with E-state index < -0.39 is 0 Å². The smallest absolute Gasteiger partial charge is 0.274 e. The van der Waals surface area contributed by atoms with Gasteiger partial charge in [0.05, 0.1) is 12.9 Å². The van der Waals surface area contributed by atoms with E-state index in [1.54, 1.807) is 17.1 Å². The van der Waals surface area contributed by atoms with Crippen LogP contribution in [0.25, 0.3) is 0 Å². The first-order valence-electron chi connectivity index (χ1n) is 6.23. The van der Waals surface area contributed by atoms with Crippen LogP contribution in [0.4, 0.5) is 0 Å². The molecule has 20 heavy (non-hydrogen) atoms. The first-order valence-corrected chi connectivity index (χ1v) is 6.23. The third-order valence-electron chi connectivity index (χ3n) is 4.21. The van der Waals surface area contributed by atoms with Crippen molar-refractivity contribution >= 4 is 30.7 Å². The molecule has 0 bridgehead atoms. The Morgan fingerprint density at radius 2 is 2.35 bits per heavy atom. The molecule has 1 aromatic heterocycles. The van der Waals surface area contributed by atoms with Crippen LogP contribution in [0, 0.1) is 11.3 Å². The van der Waals surface area contributed by atoms with Gasteiger partial charge in [0, 0.05) is 44.8 Å². The lowest BCUT2D eigenvalue weighted by atomic mass is 9.82. The Morgan fingerprint density at radius 1 is 1.60 bits per heavy atom. The Morgan fingerprint density at radius 3 is 2.90 bits per heavy atom. The van der Waals surface area contributed by atoms with E-state index in [4.69, 9.17) is 0 Å². The van der Waals surface area contributed by atoms with Crippen molar-refractivity contribution < 1.29 is 9.90 Å². The predicted molar refractivity (Wildman–Crippen MR) is 79.5 cm³/mol. The molecule has 0 saturated carbocycles. The van der Waals surface area contributed by atoms with Crippen LogP contribution in [-0.4, -0.2) is 58.3 Å². The second-order valence-corrected chi connectivity index (χ2v) is 5.46. The van der Waals surface area contributed by atoms with Crippen LogP contribution in [0.1, 0.15) is 10.5 Å². The molecule has 1 amide bonds. The zero-order valence-corrected chi connectivity index (χ0v) is 12.9. The third-order valence-corrected chi connectivity index (χ3v) is 4.21. The average Bonchev–Trinajstić information content (AvgIpc) is 3.00. The fourth-order valence-corrected chi connectivity index (χ4v) is 3.09. The van der Waals surface area contributed by atoms with Crippen LogP contribution >= 0.6 is 24.8 Å². The maximum absolute atomic E-state index is 12.3. The molecule has 0 aliphatic carbocycles. The Balaban J connectivity index is 0.000001000. The minimum atomic E-state index is -0.148. The minimum Gasteiger partial charge on any atom is -0.396 e. The van der Waals surface area contributed by atoms with Crippen LogP contribution < -0.4 is 5.32 Å². The van der Waals surface area contributed by atoms with Crippen molar-refractivity contribution in [3.8, 4) is 0 Å². The van der Waals surface area contributed by atoms with E-state index in [9.17, 15) is 9.90 Å². The number of aliphatic hydroxyl groups is 1. The number of amides is 1. The first kappa shape index (κ1) is 17.2. The van der Waals surface area contributed by atoms with Gasteiger partial charge in [0.2, 0.25) is 0 Å². The Hall–Kier alpha value is -0.820. The molecule has 3 rings (SSSR count). The van der Waals surface area contributed by atoms with Gasteiger partial charge >= 0.3 is 0 Å². The lowest BCUT2D eigenvalue weighted by molar-refractivity contribution is 0.0740. The molecule has 0 radical (unpaired) electrons. The molecule has 8 heteroatoms. The number of halogens is 2. The number of carbonyl (C=O) groups is 1. The molecule has 6 nitrogen and oxygen atoms in total. The number of nitrogens with zero attached hydrogens (tertiary/aromatic N) is 3. The number of aliphatic hydroxyl groups excluding tert-OH is 1. The SMILES string of the molecule is Cl.Cl.Cn1cnc(C(=O)N2CC3CNCC3(CO)C2)c1. The van der Waals surface area contributed by atoms with Crippen LogP contribution in [0.2, 0.25) is 0 Å². The average molecular weight is 323 g/mol. The molecule has 1 aromatic rings. The van der Waals surface area contributed by atoms with Gasteiger partial charge < -0.3 is 19.9 Å². The Bertz CT molecular complexity index is 482. The highest BCUT2D eigenvalue weighted by atomic mass is 35.5. The number of nitrogens with one attached hydrogen (secondary N) is 1. The van der Waals surface area contributed by atoms with Gasteiger partial charge in [-0.05, 0) is 5.92 Å². The van der Waals surface area contributed by atoms with Gasteiger partial charge in [0.25, 0.3) is 5.91 Å². The lowest BCUT2D eigenvalue weighted by Crippen LogP contribution is -2.38. The highest BCUT2D eigenvalue weighted by Gasteiger charge is 2.50. The molecule has 2 aliphatic rings. The number of rotatable bonds is 2. The number of aryl methyl sites for hydroxylation is 1. The molecule has 114 valence electrons. The van der Waals surface area contributed by atoms with E-state index in [0.29, 0.717) is 24.7 Å². The topological polar surface area (TPSA) is 70.4 Å². The number of hydrogen-bond donors (Lipinski definition) is 2. The van der Waals surface area contributed by atoms with Crippen LogP contribution in [0.3, 0.4) is 0 Å². The van der Waals surface area contributed by atoms with Crippen molar-refractivity contribution in [3.05, 3.63) is 18.2 Å². The molecule has 3 heterocycles. The fraction of sp³-hybridized carbons (Fsp3) is 0.667. The summed E-state index contributed by atoms with van der Waals surface area (Å²) < 4.78 is 1.77. The summed E-state index contributed by atoms with van der Waals surface area (Å²) in [5.74, 6) is 0.327. The van der Waals surface area contributed by atoms with Crippen molar-refractivity contribution in [3.63, 3.8) is 0 Å². The Kier molecular flexibility index (Phi) is 5.43. The van der Waals surface area contributed by atoms with E-state index in [1.807, 2.05) is 11.9 Å². The van der Waals surface area contributed by atoms with Gasteiger partial charge in [0.1, 0.15) is 5.69 Å². The number of hydrogen-bond acceptors (Lipinski definition) is 4. The zero-order chi connectivity index (χ0) is 12.8. The van der Waals surface area contributed by atoms with E-state index in [0.717, 1.165) is 13.1 Å². The third kappa shape index (κ3) is 2.65. The van der Waals surface area contributed by atoms with Crippen LogP contribution in [0.5, 0.6) is 0 Å². The fourth-order valence-electron chi connectivity index (χ4n) is 3.09. The summed E-state index contributed by atoms with van der Waals surface area (Å²) in [6.07, 6.45) is 3.37. The quantitative estimate of drug-likeness (QED) is 0.799. The molecule has 2 aliphatic heterocycles. The lowest BCUT2D eigenvalue weighted by Gasteiger charge is -2.24. The molecular weight excluding hydrogens is 303 g/mol. The molecule has 2 atom stereocenters. The van der Waals surface area contributed by atoms with E-state index in [-0.39, 0.29) is 42.7 Å². The first-order chi connectivity index (χ1) is 8.64. The van der Waals surface area contributed by atoms with E-state index in [2.05, 4.69) is 10.3 Å². The monoisotopic (exact) mass is 322 g/mol. The van der Waals surface area contributed by atoms with Gasteiger partial charge in [0.15, 0.2) is 0 Å². The normalized spacial score (nSPS) is 27.7. The van der Waals surface area contributed by atoms with Crippen molar-refractivity contribution in [2.45, 2.75) is 0 Å². The zero-order valence-electron chi connectivity index (χ0n) is 11.3. The number of carbonyl (C=O) groups excluding carboxylic acids is 1. The van der Waals surface area contributed by atoms with Crippen molar-refractivity contribution in [1.29, 1.82) is 0 Å². The van der Waals surface area contributed by atoms with Crippen molar-refractivity contribution in [2.24, 2.45) is 18.4 Å². The van der Waals surface area contributed by atoms with Crippen molar-refractivity contribution in [1.82, 2.24) is 19.8 Å². The largest absolute Gasteiger partial charge is 0.396 e. The number of aromatic nitrogens is 2. The summed E-state index contributed by atoms with van der Waals surface area (Å²) >= 11 is 0. The summed E-state index contributed by atoms with van der Waals surface area (Å²) in [4.78, 5) is 18.2. The number of likely N-dealkylation sites (tertiary alicyclic amines) is 1. The van der Waals surface area contributed by atoms with Gasteiger partial charge in [-0.25, -0.2) is 4.98 Å². The molecule has 2 fully saturated rings. The molecule has 2 unspecified atom stereocenters. The van der Waals surface area contributed by atoms with E-state index in [1.165, 1.54) is 0 Å². The molecule has 2 N–H and O–H groups in total. The second kappa shape index (κ2) is 6.30. The van der Waals surface area contributed by atoms with Gasteiger partial charge in [-0.2, -0.15) is 0 Å². The molecule has 0 aromatic carbocycles. The van der Waals surface area contributed by atoms with Crippen LogP contribution in [-0.2, 0) is 7.05 Å². The Labute approximate surface area is 130 Å². The minimum absolute atomic E-state index is 0. The van der Waals surface area contributed by atoms with Crippen molar-refractivity contribution in [2.75, 3.05) is 32.8 Å². The number of fused-ring (bicyclic) bond motifs is 1. The van der Waals surface area contributed by atoms with E-state index >= 15 is 0 Å². The summed E-state index contributed by atoms with van der Waals surface area (Å²) in [7, 11) is 1.85. The summed E-state index contributed by atoms with van der Waals surface area (Å²) in [5.41, 5.74) is 0.336. The van der Waals surface area contributed by atoms with Crippen LogP contribution in [0.15, 0.2) is 12.5 Å². The maximum Gasteiger partial charge on any atom is 0.274 e. The summed E-state index contributed by atoms with van der Waals surface area (Å²) in [6, 6.07) is 0. The summed E-state index contributed by atoms with van der Waals surface area (Å²) in [5, 5.41) is 12.9. The maximum atomic E-state index is 12.3. The molecule has 0 spiro atoms. The summed E-state index contributed by atoms with van der Waals surface area (Å²) in [6.45, 7) is 3.14. The van der Waals surface area contributed by atoms with Gasteiger partial charge in [-0.3, -0.25) is 4.79 Å². The second-order valence-electron chi connectivity index (χ2n) is 5.46. The van der Waals surface area contributed by atoms with Gasteiger partial charge in [-0.15, -0.1) is 24.8 Å². The van der Waals surface area contributed by atoms with Gasteiger partial charge in [-0.1, -0.05) is 0 Å².